The topological polar surface area (TPSA) is 29.5 Å². The first-order valence-corrected chi connectivity index (χ1v) is 5.25. The second-order valence-corrected chi connectivity index (χ2v) is 3.51. The molecule has 2 rings (SSSR count). The smallest absolute Gasteiger partial charge is 0.411 e. The minimum absolute atomic E-state index is 0.307. The molecule has 3 nitrogen and oxygen atoms in total. The molecule has 0 unspecified atom stereocenters. The zero-order valence-corrected chi connectivity index (χ0v) is 8.93. The summed E-state index contributed by atoms with van der Waals surface area (Å²) >= 11 is 0. The fraction of sp³-hybridized carbons (Fsp3) is 0.231. The molecule has 1 heterocycles. The van der Waals surface area contributed by atoms with Crippen molar-refractivity contribution in [1.29, 1.82) is 0 Å². The third-order valence-corrected chi connectivity index (χ3v) is 2.29. The highest BCUT2D eigenvalue weighted by atomic mass is 16.6. The van der Waals surface area contributed by atoms with Gasteiger partial charge in [0, 0.05) is 6.54 Å². The Balaban J connectivity index is 1.82. The predicted octanol–water partition coefficient (Wildman–Crippen LogP) is 2.62. The van der Waals surface area contributed by atoms with Crippen molar-refractivity contribution in [2.24, 2.45) is 0 Å². The maximum atomic E-state index is 11.6. The summed E-state index contributed by atoms with van der Waals surface area (Å²) in [5.41, 5.74) is 0.989. The molecule has 0 bridgehead atoms. The number of carbonyl (C=O) groups is 1. The summed E-state index contributed by atoms with van der Waals surface area (Å²) in [4.78, 5) is 13.0. The molecular weight excluding hydrogens is 202 g/mol. The van der Waals surface area contributed by atoms with Gasteiger partial charge in [-0.25, -0.2) is 4.79 Å². The summed E-state index contributed by atoms with van der Waals surface area (Å²) in [6.07, 6.45) is 4.23. The molecule has 0 N–H and O–H groups in total. The molecule has 82 valence electrons. The number of hydrogen-bond donors (Lipinski definition) is 0. The molecule has 2 radical (unpaired) electrons. The van der Waals surface area contributed by atoms with E-state index in [1.807, 2.05) is 36.4 Å². The number of rotatable bonds is 2. The second kappa shape index (κ2) is 5.35. The van der Waals surface area contributed by atoms with Crippen LogP contribution in [0.2, 0.25) is 0 Å². The van der Waals surface area contributed by atoms with E-state index in [4.69, 9.17) is 4.74 Å². The molecule has 0 aromatic heterocycles. The Morgan fingerprint density at radius 3 is 2.88 bits per heavy atom. The molecule has 16 heavy (non-hydrogen) atoms. The zero-order chi connectivity index (χ0) is 11.2. The highest BCUT2D eigenvalue weighted by molar-refractivity contribution is 5.69. The summed E-state index contributed by atoms with van der Waals surface area (Å²) < 4.78 is 5.16. The van der Waals surface area contributed by atoms with Crippen LogP contribution in [0, 0.1) is 6.54 Å². The number of hydrogen-bond acceptors (Lipinski definition) is 2. The van der Waals surface area contributed by atoms with Crippen LogP contribution in [-0.2, 0) is 11.3 Å². The molecule has 0 spiro atoms. The third-order valence-electron chi connectivity index (χ3n) is 2.29. The summed E-state index contributed by atoms with van der Waals surface area (Å²) in [5, 5.41) is 0. The van der Waals surface area contributed by atoms with Crippen molar-refractivity contribution < 1.29 is 9.53 Å². The van der Waals surface area contributed by atoms with Gasteiger partial charge in [0.25, 0.3) is 0 Å². The van der Waals surface area contributed by atoms with E-state index < -0.39 is 0 Å². The van der Waals surface area contributed by atoms with Gasteiger partial charge in [0.05, 0.1) is 0 Å². The van der Waals surface area contributed by atoms with E-state index in [2.05, 4.69) is 6.54 Å². The Kier molecular flexibility index (Phi) is 3.59. The number of ether oxygens (including phenoxy) is 1. The molecule has 3 heteroatoms. The summed E-state index contributed by atoms with van der Waals surface area (Å²) in [6, 6.07) is 9.63. The Morgan fingerprint density at radius 1 is 1.38 bits per heavy atom. The first-order chi connectivity index (χ1) is 7.86. The van der Waals surface area contributed by atoms with Gasteiger partial charge in [-0.2, -0.15) is 0 Å². The molecule has 0 aliphatic carbocycles. The zero-order valence-electron chi connectivity index (χ0n) is 8.93. The van der Waals surface area contributed by atoms with Crippen LogP contribution in [0.5, 0.6) is 0 Å². The van der Waals surface area contributed by atoms with E-state index in [-0.39, 0.29) is 6.09 Å². The third kappa shape index (κ3) is 2.86. The Morgan fingerprint density at radius 2 is 2.19 bits per heavy atom. The highest BCUT2D eigenvalue weighted by Crippen LogP contribution is 2.09. The first-order valence-electron chi connectivity index (χ1n) is 5.25. The van der Waals surface area contributed by atoms with Gasteiger partial charge in [-0.05, 0) is 12.0 Å². The van der Waals surface area contributed by atoms with Gasteiger partial charge in [-0.3, -0.25) is 4.90 Å². The van der Waals surface area contributed by atoms with Crippen LogP contribution in [0.15, 0.2) is 42.5 Å². The molecular formula is C13H13NO2. The van der Waals surface area contributed by atoms with E-state index in [0.717, 1.165) is 12.0 Å². The number of carbonyl (C=O) groups excluding carboxylic acids is 1. The van der Waals surface area contributed by atoms with Crippen LogP contribution in [0.3, 0.4) is 0 Å². The van der Waals surface area contributed by atoms with Gasteiger partial charge in [0.2, 0.25) is 0 Å². The average molecular weight is 215 g/mol. The van der Waals surface area contributed by atoms with E-state index in [0.29, 0.717) is 13.2 Å². The Labute approximate surface area is 95.3 Å². The maximum Gasteiger partial charge on any atom is 0.411 e. The van der Waals surface area contributed by atoms with Gasteiger partial charge in [-0.1, -0.05) is 42.5 Å². The van der Waals surface area contributed by atoms with Crippen LogP contribution < -0.4 is 0 Å². The molecule has 1 aliphatic heterocycles. The summed E-state index contributed by atoms with van der Waals surface area (Å²) in [7, 11) is 0. The SMILES string of the molecule is O=C(OCc1ccccc1)N1[C]C=CCC1. The standard InChI is InChI=1S/C13H13NO2/c15-13(14-9-5-2-6-10-14)16-11-12-7-3-1-4-8-12/h1-5,7-8H,6,10-11H2. The average Bonchev–Trinajstić information content (AvgIpc) is 2.38. The first kappa shape index (κ1) is 10.7. The predicted molar refractivity (Wildman–Crippen MR) is 60.3 cm³/mol. The number of benzene rings is 1. The van der Waals surface area contributed by atoms with Crippen LogP contribution in [0.25, 0.3) is 0 Å². The van der Waals surface area contributed by atoms with Crippen LogP contribution in [0.1, 0.15) is 12.0 Å². The highest BCUT2D eigenvalue weighted by Gasteiger charge is 2.15. The van der Waals surface area contributed by atoms with E-state index in [1.54, 1.807) is 6.08 Å². The van der Waals surface area contributed by atoms with Crippen LogP contribution in [0.4, 0.5) is 4.79 Å². The van der Waals surface area contributed by atoms with E-state index in [1.165, 1.54) is 4.90 Å². The molecule has 1 aliphatic rings. The normalized spacial score (nSPS) is 14.9. The lowest BCUT2D eigenvalue weighted by Gasteiger charge is -2.21. The van der Waals surface area contributed by atoms with E-state index >= 15 is 0 Å². The van der Waals surface area contributed by atoms with Crippen molar-refractivity contribution in [3.05, 3.63) is 54.6 Å². The van der Waals surface area contributed by atoms with Crippen LogP contribution >= 0.6 is 0 Å². The van der Waals surface area contributed by atoms with E-state index in [9.17, 15) is 4.79 Å². The van der Waals surface area contributed by atoms with Crippen molar-refractivity contribution >= 4 is 6.09 Å². The largest absolute Gasteiger partial charge is 0.445 e. The molecule has 1 aromatic rings. The lowest BCUT2D eigenvalue weighted by molar-refractivity contribution is 0.106. The van der Waals surface area contributed by atoms with Crippen molar-refractivity contribution in [3.63, 3.8) is 0 Å². The molecule has 1 amide bonds. The summed E-state index contributed by atoms with van der Waals surface area (Å²) in [6.45, 7) is 3.78. The molecule has 1 aromatic carbocycles. The molecule has 0 fully saturated rings. The Bertz CT molecular complexity index is 373. The lowest BCUT2D eigenvalue weighted by Crippen LogP contribution is -2.30. The Hall–Kier alpha value is -1.77. The second-order valence-electron chi connectivity index (χ2n) is 3.51. The quantitative estimate of drug-likeness (QED) is 0.759. The van der Waals surface area contributed by atoms with Crippen molar-refractivity contribution in [1.82, 2.24) is 4.90 Å². The summed E-state index contributed by atoms with van der Waals surface area (Å²) in [5.74, 6) is 0. The van der Waals surface area contributed by atoms with Crippen molar-refractivity contribution in [2.75, 3.05) is 6.54 Å². The van der Waals surface area contributed by atoms with Gasteiger partial charge in [-0.15, -0.1) is 0 Å². The number of nitrogens with zero attached hydrogens (tertiary/aromatic N) is 1. The minimum atomic E-state index is -0.340. The van der Waals surface area contributed by atoms with Gasteiger partial charge < -0.3 is 4.74 Å². The van der Waals surface area contributed by atoms with Gasteiger partial charge in [0.15, 0.2) is 0 Å². The molecule has 0 saturated carbocycles. The minimum Gasteiger partial charge on any atom is -0.445 e. The fourth-order valence-corrected chi connectivity index (χ4v) is 1.44. The maximum absolute atomic E-state index is 11.6. The van der Waals surface area contributed by atoms with Crippen molar-refractivity contribution in [2.45, 2.75) is 13.0 Å². The monoisotopic (exact) mass is 215 g/mol. The van der Waals surface area contributed by atoms with Crippen LogP contribution in [-0.4, -0.2) is 17.5 Å². The number of amides is 1. The lowest BCUT2D eigenvalue weighted by atomic mass is 10.2. The fourth-order valence-electron chi connectivity index (χ4n) is 1.44. The van der Waals surface area contributed by atoms with Crippen molar-refractivity contribution in [3.8, 4) is 0 Å². The molecule has 0 saturated heterocycles. The van der Waals surface area contributed by atoms with Gasteiger partial charge >= 0.3 is 6.09 Å². The van der Waals surface area contributed by atoms with Gasteiger partial charge in [0.1, 0.15) is 13.2 Å². The molecule has 0 atom stereocenters.